The summed E-state index contributed by atoms with van der Waals surface area (Å²) in [5.74, 6) is 0.00225. The van der Waals surface area contributed by atoms with Gasteiger partial charge in [0.25, 0.3) is 0 Å². The Hall–Kier alpha value is -1.84. The third-order valence-electron chi connectivity index (χ3n) is 2.64. The summed E-state index contributed by atoms with van der Waals surface area (Å²) < 4.78 is 0. The molecule has 4 nitrogen and oxygen atoms in total. The molecule has 0 fully saturated rings. The molecular formula is C14H20N2O2. The molecule has 0 unspecified atom stereocenters. The minimum atomic E-state index is -0.435. The van der Waals surface area contributed by atoms with E-state index in [0.29, 0.717) is 0 Å². The highest BCUT2D eigenvalue weighted by Crippen LogP contribution is 2.14. The number of anilines is 1. The number of carbonyl (C=O) groups is 2. The molecule has 0 atom stereocenters. The number of hydrogen-bond acceptors (Lipinski definition) is 2. The minimum absolute atomic E-state index is 0.00225. The molecule has 2 N–H and O–H groups in total. The number of rotatable bonds is 3. The first-order valence-electron chi connectivity index (χ1n) is 5.94. The van der Waals surface area contributed by atoms with Crippen molar-refractivity contribution in [3.05, 3.63) is 29.8 Å². The lowest BCUT2D eigenvalue weighted by molar-refractivity contribution is -0.125. The fourth-order valence-electron chi connectivity index (χ4n) is 1.31. The van der Waals surface area contributed by atoms with Gasteiger partial charge in [-0.15, -0.1) is 0 Å². The van der Waals surface area contributed by atoms with Crippen molar-refractivity contribution in [2.75, 3.05) is 11.9 Å². The molecule has 1 rings (SSSR count). The van der Waals surface area contributed by atoms with Crippen LogP contribution in [0.4, 0.5) is 10.5 Å². The molecule has 0 aromatic heterocycles. The number of benzene rings is 1. The van der Waals surface area contributed by atoms with Gasteiger partial charge in [-0.25, -0.2) is 4.79 Å². The second-order valence-electron chi connectivity index (χ2n) is 5.30. The van der Waals surface area contributed by atoms with E-state index in [1.807, 2.05) is 52.0 Å². The number of Topliss-reactive ketones (excluding diaryl/α,β-unsaturated/α-hetero) is 1. The van der Waals surface area contributed by atoms with Crippen LogP contribution in [0, 0.1) is 12.3 Å². The third kappa shape index (κ3) is 4.20. The van der Waals surface area contributed by atoms with Crippen LogP contribution in [0.25, 0.3) is 0 Å². The Labute approximate surface area is 108 Å². The number of carbonyl (C=O) groups excluding carboxylic acids is 2. The maximum Gasteiger partial charge on any atom is 0.319 e. The molecule has 0 bridgehead atoms. The average molecular weight is 248 g/mol. The zero-order chi connectivity index (χ0) is 13.8. The number of hydrogen-bond donors (Lipinski definition) is 2. The van der Waals surface area contributed by atoms with Gasteiger partial charge in [-0.3, -0.25) is 4.79 Å². The first-order valence-corrected chi connectivity index (χ1v) is 5.94. The number of amides is 2. The normalized spacial score (nSPS) is 10.9. The van der Waals surface area contributed by atoms with Crippen LogP contribution in [0.3, 0.4) is 0 Å². The van der Waals surface area contributed by atoms with E-state index < -0.39 is 5.41 Å². The summed E-state index contributed by atoms with van der Waals surface area (Å²) in [4.78, 5) is 23.3. The van der Waals surface area contributed by atoms with Crippen molar-refractivity contribution in [3.63, 3.8) is 0 Å². The van der Waals surface area contributed by atoms with Gasteiger partial charge in [0.05, 0.1) is 6.54 Å². The number of para-hydroxylation sites is 1. The Bertz CT molecular complexity index is 447. The molecule has 4 heteroatoms. The highest BCUT2D eigenvalue weighted by molar-refractivity contribution is 5.94. The van der Waals surface area contributed by atoms with Gasteiger partial charge in [0.1, 0.15) is 0 Å². The van der Waals surface area contributed by atoms with Crippen LogP contribution >= 0.6 is 0 Å². The van der Waals surface area contributed by atoms with Crippen LogP contribution in [0.15, 0.2) is 24.3 Å². The maximum absolute atomic E-state index is 11.6. The predicted octanol–water partition coefficient (Wildman–Crippen LogP) is 2.73. The fourth-order valence-corrected chi connectivity index (χ4v) is 1.31. The maximum atomic E-state index is 11.6. The van der Waals surface area contributed by atoms with Crippen molar-refractivity contribution < 1.29 is 9.59 Å². The number of urea groups is 1. The van der Waals surface area contributed by atoms with Crippen LogP contribution in [-0.2, 0) is 4.79 Å². The zero-order valence-corrected chi connectivity index (χ0v) is 11.3. The molecule has 0 aliphatic heterocycles. The Morgan fingerprint density at radius 1 is 1.17 bits per heavy atom. The molecule has 0 aliphatic rings. The molecule has 0 radical (unpaired) electrons. The first kappa shape index (κ1) is 14.2. The van der Waals surface area contributed by atoms with Gasteiger partial charge >= 0.3 is 6.03 Å². The van der Waals surface area contributed by atoms with Gasteiger partial charge in [0.15, 0.2) is 5.78 Å². The number of aryl methyl sites for hydroxylation is 1. The van der Waals surface area contributed by atoms with Crippen LogP contribution in [0.2, 0.25) is 0 Å². The smallest absolute Gasteiger partial charge is 0.319 e. The summed E-state index contributed by atoms with van der Waals surface area (Å²) in [6, 6.07) is 7.13. The van der Waals surface area contributed by atoms with Crippen LogP contribution in [-0.4, -0.2) is 18.4 Å². The molecule has 2 amide bonds. The van der Waals surface area contributed by atoms with E-state index in [2.05, 4.69) is 10.6 Å². The summed E-state index contributed by atoms with van der Waals surface area (Å²) in [6.45, 7) is 7.44. The van der Waals surface area contributed by atoms with E-state index >= 15 is 0 Å². The second-order valence-corrected chi connectivity index (χ2v) is 5.30. The zero-order valence-electron chi connectivity index (χ0n) is 11.3. The Kier molecular flexibility index (Phi) is 4.48. The van der Waals surface area contributed by atoms with E-state index in [-0.39, 0.29) is 18.4 Å². The molecule has 0 saturated carbocycles. The molecule has 0 aliphatic carbocycles. The van der Waals surface area contributed by atoms with Crippen LogP contribution in [0.5, 0.6) is 0 Å². The first-order chi connectivity index (χ1) is 8.30. The molecular weight excluding hydrogens is 228 g/mol. The van der Waals surface area contributed by atoms with Gasteiger partial charge < -0.3 is 10.6 Å². The van der Waals surface area contributed by atoms with E-state index in [1.54, 1.807) is 0 Å². The number of ketones is 1. The molecule has 0 spiro atoms. The minimum Gasteiger partial charge on any atom is -0.331 e. The SMILES string of the molecule is Cc1ccccc1NC(=O)NCC(=O)C(C)(C)C. The monoisotopic (exact) mass is 248 g/mol. The van der Waals surface area contributed by atoms with Gasteiger partial charge in [-0.1, -0.05) is 39.0 Å². The largest absolute Gasteiger partial charge is 0.331 e. The lowest BCUT2D eigenvalue weighted by Gasteiger charge is -2.17. The van der Waals surface area contributed by atoms with Gasteiger partial charge in [0.2, 0.25) is 0 Å². The Balaban J connectivity index is 2.49. The summed E-state index contributed by atoms with van der Waals surface area (Å²) in [5.41, 5.74) is 1.30. The van der Waals surface area contributed by atoms with Crippen molar-refractivity contribution in [1.82, 2.24) is 5.32 Å². The molecule has 0 saturated heterocycles. The summed E-state index contributed by atoms with van der Waals surface area (Å²) in [6.07, 6.45) is 0. The summed E-state index contributed by atoms with van der Waals surface area (Å²) in [7, 11) is 0. The van der Waals surface area contributed by atoms with Crippen LogP contribution in [0.1, 0.15) is 26.3 Å². The Morgan fingerprint density at radius 2 is 1.78 bits per heavy atom. The lowest BCUT2D eigenvalue weighted by atomic mass is 9.91. The molecule has 98 valence electrons. The van der Waals surface area contributed by atoms with Crippen molar-refractivity contribution >= 4 is 17.5 Å². The quantitative estimate of drug-likeness (QED) is 0.864. The van der Waals surface area contributed by atoms with E-state index in [1.165, 1.54) is 0 Å². The van der Waals surface area contributed by atoms with E-state index in [0.717, 1.165) is 11.3 Å². The fraction of sp³-hybridized carbons (Fsp3) is 0.429. The van der Waals surface area contributed by atoms with Gasteiger partial charge in [-0.2, -0.15) is 0 Å². The second kappa shape index (κ2) is 5.67. The summed E-state index contributed by atoms with van der Waals surface area (Å²) in [5, 5.41) is 5.28. The average Bonchev–Trinajstić information content (AvgIpc) is 2.27. The number of nitrogens with one attached hydrogen (secondary N) is 2. The standard InChI is InChI=1S/C14H20N2O2/c1-10-7-5-6-8-11(10)16-13(18)15-9-12(17)14(2,3)4/h5-8H,9H2,1-4H3,(H2,15,16,18). The third-order valence-corrected chi connectivity index (χ3v) is 2.64. The van der Waals surface area contributed by atoms with Gasteiger partial charge in [-0.05, 0) is 18.6 Å². The highest BCUT2D eigenvalue weighted by Gasteiger charge is 2.21. The van der Waals surface area contributed by atoms with Crippen molar-refractivity contribution in [3.8, 4) is 0 Å². The van der Waals surface area contributed by atoms with Crippen molar-refractivity contribution in [2.24, 2.45) is 5.41 Å². The van der Waals surface area contributed by atoms with E-state index in [4.69, 9.17) is 0 Å². The molecule has 18 heavy (non-hydrogen) atoms. The van der Waals surface area contributed by atoms with Crippen LogP contribution < -0.4 is 10.6 Å². The molecule has 1 aromatic carbocycles. The highest BCUT2D eigenvalue weighted by atomic mass is 16.2. The molecule has 0 heterocycles. The van der Waals surface area contributed by atoms with Crippen molar-refractivity contribution in [2.45, 2.75) is 27.7 Å². The van der Waals surface area contributed by atoms with E-state index in [9.17, 15) is 9.59 Å². The molecule has 1 aromatic rings. The lowest BCUT2D eigenvalue weighted by Crippen LogP contribution is -2.37. The van der Waals surface area contributed by atoms with Gasteiger partial charge in [0, 0.05) is 11.1 Å². The predicted molar refractivity (Wildman–Crippen MR) is 72.7 cm³/mol. The topological polar surface area (TPSA) is 58.2 Å². The Morgan fingerprint density at radius 3 is 2.33 bits per heavy atom. The summed E-state index contributed by atoms with van der Waals surface area (Å²) >= 11 is 0. The van der Waals surface area contributed by atoms with Crippen molar-refractivity contribution in [1.29, 1.82) is 0 Å².